The fourth-order valence-electron chi connectivity index (χ4n) is 3.45. The second kappa shape index (κ2) is 9.25. The normalized spacial score (nSPS) is 14.9. The van der Waals surface area contributed by atoms with Gasteiger partial charge in [0.25, 0.3) is 5.91 Å². The molecule has 2 aromatic rings. The van der Waals surface area contributed by atoms with Gasteiger partial charge in [0.15, 0.2) is 18.2 Å². The van der Waals surface area contributed by atoms with Gasteiger partial charge in [0.05, 0.1) is 0 Å². The van der Waals surface area contributed by atoms with Crippen LogP contribution in [0.4, 0.5) is 8.78 Å². The van der Waals surface area contributed by atoms with E-state index in [9.17, 15) is 13.6 Å². The van der Waals surface area contributed by atoms with E-state index in [2.05, 4.69) is 13.8 Å². The minimum absolute atomic E-state index is 0.0126. The summed E-state index contributed by atoms with van der Waals surface area (Å²) >= 11 is 0. The van der Waals surface area contributed by atoms with E-state index >= 15 is 0 Å². The monoisotopic (exact) mass is 403 g/mol. The van der Waals surface area contributed by atoms with E-state index in [0.29, 0.717) is 31.8 Å². The van der Waals surface area contributed by atoms with Crippen LogP contribution < -0.4 is 9.47 Å². The first kappa shape index (κ1) is 21.1. The number of likely N-dealkylation sites (tertiary alicyclic amines) is 1. The van der Waals surface area contributed by atoms with Crippen LogP contribution in [-0.4, -0.2) is 36.6 Å². The van der Waals surface area contributed by atoms with Crippen molar-refractivity contribution < 1.29 is 23.0 Å². The SMILES string of the molecule is Cc1ccc(C(C)C)c(OCC(=O)N2CCC(Oc3ccc(F)cc3F)CC2)c1. The number of piperidine rings is 1. The van der Waals surface area contributed by atoms with Crippen LogP contribution in [0.2, 0.25) is 0 Å². The largest absolute Gasteiger partial charge is 0.487 e. The van der Waals surface area contributed by atoms with Crippen LogP contribution in [0.3, 0.4) is 0 Å². The van der Waals surface area contributed by atoms with Crippen LogP contribution in [-0.2, 0) is 4.79 Å². The lowest BCUT2D eigenvalue weighted by Gasteiger charge is -2.32. The Labute approximate surface area is 170 Å². The van der Waals surface area contributed by atoms with Gasteiger partial charge < -0.3 is 14.4 Å². The van der Waals surface area contributed by atoms with E-state index in [0.717, 1.165) is 22.9 Å². The number of nitrogens with zero attached hydrogens (tertiary/aromatic N) is 1. The first-order valence-electron chi connectivity index (χ1n) is 9.96. The minimum Gasteiger partial charge on any atom is -0.487 e. The highest BCUT2D eigenvalue weighted by atomic mass is 19.1. The Morgan fingerprint density at radius 2 is 1.83 bits per heavy atom. The molecule has 0 aromatic heterocycles. The number of hydrogen-bond acceptors (Lipinski definition) is 3. The van der Waals surface area contributed by atoms with Crippen LogP contribution >= 0.6 is 0 Å². The molecule has 156 valence electrons. The highest BCUT2D eigenvalue weighted by Crippen LogP contribution is 2.28. The van der Waals surface area contributed by atoms with Gasteiger partial charge in [-0.25, -0.2) is 8.78 Å². The molecule has 6 heteroatoms. The van der Waals surface area contributed by atoms with Crippen molar-refractivity contribution in [3.63, 3.8) is 0 Å². The molecule has 29 heavy (non-hydrogen) atoms. The molecule has 0 unspecified atom stereocenters. The Morgan fingerprint density at radius 3 is 2.48 bits per heavy atom. The highest BCUT2D eigenvalue weighted by Gasteiger charge is 2.25. The van der Waals surface area contributed by atoms with Gasteiger partial charge in [-0.1, -0.05) is 26.0 Å². The number of carbonyl (C=O) groups excluding carboxylic acids is 1. The summed E-state index contributed by atoms with van der Waals surface area (Å²) in [5.41, 5.74) is 2.17. The smallest absolute Gasteiger partial charge is 0.260 e. The predicted octanol–water partition coefficient (Wildman–Crippen LogP) is 4.85. The molecule has 4 nitrogen and oxygen atoms in total. The molecule has 0 bridgehead atoms. The number of amides is 1. The summed E-state index contributed by atoms with van der Waals surface area (Å²) in [5.74, 6) is -0.327. The molecule has 0 N–H and O–H groups in total. The van der Waals surface area contributed by atoms with E-state index in [1.165, 1.54) is 12.1 Å². The van der Waals surface area contributed by atoms with Gasteiger partial charge in [-0.2, -0.15) is 0 Å². The molecular weight excluding hydrogens is 376 g/mol. The lowest BCUT2D eigenvalue weighted by Crippen LogP contribution is -2.43. The number of rotatable bonds is 6. The Morgan fingerprint density at radius 1 is 1.10 bits per heavy atom. The van der Waals surface area contributed by atoms with Crippen molar-refractivity contribution >= 4 is 5.91 Å². The van der Waals surface area contributed by atoms with Gasteiger partial charge in [-0.05, 0) is 42.2 Å². The van der Waals surface area contributed by atoms with E-state index < -0.39 is 11.6 Å². The molecular formula is C23H27F2NO3. The number of aryl methyl sites for hydroxylation is 1. The van der Waals surface area contributed by atoms with Crippen molar-refractivity contribution in [2.75, 3.05) is 19.7 Å². The molecule has 2 aromatic carbocycles. The van der Waals surface area contributed by atoms with Crippen LogP contribution in [0.15, 0.2) is 36.4 Å². The minimum atomic E-state index is -0.712. The molecule has 1 aliphatic rings. The van der Waals surface area contributed by atoms with Crippen LogP contribution in [0.5, 0.6) is 11.5 Å². The van der Waals surface area contributed by atoms with Gasteiger partial charge >= 0.3 is 0 Å². The fourth-order valence-corrected chi connectivity index (χ4v) is 3.45. The van der Waals surface area contributed by atoms with Crippen molar-refractivity contribution in [3.05, 3.63) is 59.2 Å². The highest BCUT2D eigenvalue weighted by molar-refractivity contribution is 5.78. The zero-order valence-corrected chi connectivity index (χ0v) is 17.1. The number of halogens is 2. The zero-order chi connectivity index (χ0) is 21.0. The number of hydrogen-bond donors (Lipinski definition) is 0. The molecule has 0 aliphatic carbocycles. The summed E-state index contributed by atoms with van der Waals surface area (Å²) in [7, 11) is 0. The molecule has 0 saturated carbocycles. The topological polar surface area (TPSA) is 38.8 Å². The lowest BCUT2D eigenvalue weighted by molar-refractivity contribution is -0.135. The molecule has 1 heterocycles. The summed E-state index contributed by atoms with van der Waals surface area (Å²) in [5, 5.41) is 0. The van der Waals surface area contributed by atoms with Crippen molar-refractivity contribution in [1.82, 2.24) is 4.90 Å². The van der Waals surface area contributed by atoms with Crippen molar-refractivity contribution in [1.29, 1.82) is 0 Å². The summed E-state index contributed by atoms with van der Waals surface area (Å²) in [4.78, 5) is 14.3. The van der Waals surface area contributed by atoms with Gasteiger partial charge in [-0.3, -0.25) is 4.79 Å². The Kier molecular flexibility index (Phi) is 6.72. The predicted molar refractivity (Wildman–Crippen MR) is 107 cm³/mol. The molecule has 1 amide bonds. The maximum Gasteiger partial charge on any atom is 0.260 e. The summed E-state index contributed by atoms with van der Waals surface area (Å²) in [6.07, 6.45) is 0.971. The second-order valence-corrected chi connectivity index (χ2v) is 7.76. The van der Waals surface area contributed by atoms with Crippen LogP contribution in [0.25, 0.3) is 0 Å². The van der Waals surface area contributed by atoms with E-state index in [1.807, 2.05) is 25.1 Å². The maximum atomic E-state index is 13.7. The molecule has 3 rings (SSSR count). The maximum absolute atomic E-state index is 13.7. The molecule has 1 saturated heterocycles. The average molecular weight is 403 g/mol. The number of carbonyl (C=O) groups is 1. The number of ether oxygens (including phenoxy) is 2. The van der Waals surface area contributed by atoms with Crippen molar-refractivity contribution in [2.24, 2.45) is 0 Å². The lowest BCUT2D eigenvalue weighted by atomic mass is 10.0. The first-order chi connectivity index (χ1) is 13.8. The summed E-state index contributed by atoms with van der Waals surface area (Å²) in [6.45, 7) is 7.19. The van der Waals surface area contributed by atoms with Gasteiger partial charge in [0.1, 0.15) is 17.7 Å². The molecule has 1 aliphatic heterocycles. The summed E-state index contributed by atoms with van der Waals surface area (Å²) < 4.78 is 38.2. The molecule has 0 radical (unpaired) electrons. The molecule has 0 spiro atoms. The molecule has 0 atom stereocenters. The Bertz CT molecular complexity index is 861. The quantitative estimate of drug-likeness (QED) is 0.692. The van der Waals surface area contributed by atoms with Gasteiger partial charge in [0.2, 0.25) is 0 Å². The third-order valence-electron chi connectivity index (χ3n) is 5.12. The fraction of sp³-hybridized carbons (Fsp3) is 0.435. The van der Waals surface area contributed by atoms with Gasteiger partial charge in [0, 0.05) is 32.0 Å². The van der Waals surface area contributed by atoms with E-state index in [1.54, 1.807) is 4.90 Å². The van der Waals surface area contributed by atoms with E-state index in [-0.39, 0.29) is 24.4 Å². The average Bonchev–Trinajstić information content (AvgIpc) is 2.68. The van der Waals surface area contributed by atoms with Crippen molar-refractivity contribution in [3.8, 4) is 11.5 Å². The molecule has 1 fully saturated rings. The van der Waals surface area contributed by atoms with Crippen molar-refractivity contribution in [2.45, 2.75) is 45.6 Å². The second-order valence-electron chi connectivity index (χ2n) is 7.76. The first-order valence-corrected chi connectivity index (χ1v) is 9.96. The number of benzene rings is 2. The van der Waals surface area contributed by atoms with Gasteiger partial charge in [-0.15, -0.1) is 0 Å². The summed E-state index contributed by atoms with van der Waals surface area (Å²) in [6, 6.07) is 9.31. The Hall–Kier alpha value is -2.63. The van der Waals surface area contributed by atoms with Crippen LogP contribution in [0, 0.1) is 18.6 Å². The third-order valence-corrected chi connectivity index (χ3v) is 5.12. The van der Waals surface area contributed by atoms with E-state index in [4.69, 9.17) is 9.47 Å². The Balaban J connectivity index is 1.51. The zero-order valence-electron chi connectivity index (χ0n) is 17.1. The third kappa shape index (κ3) is 5.46. The standard InChI is InChI=1S/C23H27F2NO3/c1-15(2)19-6-4-16(3)12-22(19)28-14-23(27)26-10-8-18(9-11-26)29-21-7-5-17(24)13-20(21)25/h4-7,12-13,15,18H,8-11,14H2,1-3H3. The van der Waals surface area contributed by atoms with Crippen LogP contribution in [0.1, 0.15) is 43.7 Å².